The van der Waals surface area contributed by atoms with Crippen LogP contribution in [0.3, 0.4) is 0 Å². The topological polar surface area (TPSA) is 88.0 Å². The molecular formula is C20H17F3N4O2S. The number of rotatable bonds is 5. The summed E-state index contributed by atoms with van der Waals surface area (Å²) < 4.78 is 37.6. The number of phenolic OH excluding ortho intramolecular Hbond substituents is 1. The van der Waals surface area contributed by atoms with E-state index in [0.29, 0.717) is 17.0 Å². The van der Waals surface area contributed by atoms with Crippen molar-refractivity contribution in [3.63, 3.8) is 0 Å². The number of hydrogen-bond acceptors (Lipinski definition) is 6. The monoisotopic (exact) mass is 434 g/mol. The van der Waals surface area contributed by atoms with Crippen LogP contribution in [0.15, 0.2) is 36.8 Å². The van der Waals surface area contributed by atoms with Gasteiger partial charge < -0.3 is 10.4 Å². The highest BCUT2D eigenvalue weighted by molar-refractivity contribution is 7.15. The van der Waals surface area contributed by atoms with E-state index >= 15 is 0 Å². The van der Waals surface area contributed by atoms with Crippen LogP contribution < -0.4 is 5.32 Å². The fraction of sp³-hybridized carbons (Fsp3) is 0.300. The summed E-state index contributed by atoms with van der Waals surface area (Å²) in [4.78, 5) is 24.6. The van der Waals surface area contributed by atoms with Gasteiger partial charge in [-0.25, -0.2) is 15.0 Å². The SMILES string of the molecule is O=C(NCc1cnc(C(F)(F)F)nc1)c1cc(O)cc(-c2ncc(C3CCC3)s2)c1. The molecule has 0 radical (unpaired) electrons. The Morgan fingerprint density at radius 3 is 2.50 bits per heavy atom. The standard InChI is InChI=1S/C20H17F3N4O2S/c21-20(22,23)19-26-8-11(9-27-19)7-24-17(29)13-4-14(6-15(28)5-13)18-25-10-16(30-18)12-2-1-3-12/h4-6,8-10,12,28H,1-3,7H2,(H,24,29). The molecule has 2 N–H and O–H groups in total. The normalized spacial score (nSPS) is 14.4. The molecule has 1 fully saturated rings. The van der Waals surface area contributed by atoms with E-state index in [9.17, 15) is 23.1 Å². The maximum Gasteiger partial charge on any atom is 0.451 e. The third-order valence-corrected chi connectivity index (χ3v) is 6.08. The van der Waals surface area contributed by atoms with Gasteiger partial charge in [-0.2, -0.15) is 13.2 Å². The molecule has 2 heterocycles. The van der Waals surface area contributed by atoms with Gasteiger partial charge in [0.2, 0.25) is 5.82 Å². The summed E-state index contributed by atoms with van der Waals surface area (Å²) in [7, 11) is 0. The van der Waals surface area contributed by atoms with Crippen LogP contribution in [0.2, 0.25) is 0 Å². The molecule has 1 aliphatic rings. The number of aromatic nitrogens is 3. The van der Waals surface area contributed by atoms with E-state index in [1.54, 1.807) is 23.5 Å². The van der Waals surface area contributed by atoms with Gasteiger partial charge in [-0.1, -0.05) is 6.42 Å². The molecule has 30 heavy (non-hydrogen) atoms. The number of alkyl halides is 3. The molecule has 0 spiro atoms. The first-order chi connectivity index (χ1) is 14.3. The number of aromatic hydroxyl groups is 1. The lowest BCUT2D eigenvalue weighted by Gasteiger charge is -2.23. The summed E-state index contributed by atoms with van der Waals surface area (Å²) >= 11 is 1.55. The lowest BCUT2D eigenvalue weighted by atomic mass is 9.85. The first kappa shape index (κ1) is 20.3. The Balaban J connectivity index is 1.45. The number of carbonyl (C=O) groups excluding carboxylic acids is 1. The predicted octanol–water partition coefficient (Wildman–Crippen LogP) is 4.52. The number of benzene rings is 1. The second kappa shape index (κ2) is 8.02. The minimum atomic E-state index is -4.62. The van der Waals surface area contributed by atoms with Crippen molar-refractivity contribution < 1.29 is 23.1 Å². The fourth-order valence-electron chi connectivity index (χ4n) is 3.04. The van der Waals surface area contributed by atoms with Gasteiger partial charge in [-0.15, -0.1) is 11.3 Å². The van der Waals surface area contributed by atoms with Crippen molar-refractivity contribution in [2.75, 3.05) is 0 Å². The average molecular weight is 434 g/mol. The zero-order valence-electron chi connectivity index (χ0n) is 15.6. The average Bonchev–Trinajstić information content (AvgIpc) is 3.13. The van der Waals surface area contributed by atoms with E-state index < -0.39 is 17.9 Å². The van der Waals surface area contributed by atoms with Crippen molar-refractivity contribution in [1.29, 1.82) is 0 Å². The van der Waals surface area contributed by atoms with Gasteiger partial charge in [-0.3, -0.25) is 4.79 Å². The van der Waals surface area contributed by atoms with Gasteiger partial charge in [0.25, 0.3) is 5.91 Å². The van der Waals surface area contributed by atoms with Crippen LogP contribution in [-0.2, 0) is 12.7 Å². The van der Waals surface area contributed by atoms with Gasteiger partial charge in [0.15, 0.2) is 0 Å². The van der Waals surface area contributed by atoms with Crippen molar-refractivity contribution >= 4 is 17.2 Å². The molecule has 2 aromatic heterocycles. The van der Waals surface area contributed by atoms with Crippen LogP contribution in [0.25, 0.3) is 10.6 Å². The maximum absolute atomic E-state index is 12.5. The first-order valence-electron chi connectivity index (χ1n) is 9.26. The molecule has 1 amide bonds. The van der Waals surface area contributed by atoms with Gasteiger partial charge in [0.1, 0.15) is 10.8 Å². The quantitative estimate of drug-likeness (QED) is 0.616. The van der Waals surface area contributed by atoms with E-state index in [4.69, 9.17) is 0 Å². The summed E-state index contributed by atoms with van der Waals surface area (Å²) in [6, 6.07) is 4.49. The highest BCUT2D eigenvalue weighted by Gasteiger charge is 2.34. The number of nitrogens with one attached hydrogen (secondary N) is 1. The zero-order valence-corrected chi connectivity index (χ0v) is 16.4. The summed E-state index contributed by atoms with van der Waals surface area (Å²) in [6.45, 7) is -0.0506. The summed E-state index contributed by atoms with van der Waals surface area (Å²) in [5.74, 6) is -1.25. The molecule has 3 aromatic rings. The molecule has 0 unspecified atom stereocenters. The highest BCUT2D eigenvalue weighted by atomic mass is 32.1. The molecule has 6 nitrogen and oxygen atoms in total. The van der Waals surface area contributed by atoms with Crippen molar-refractivity contribution in [2.45, 2.75) is 37.9 Å². The van der Waals surface area contributed by atoms with E-state index in [2.05, 4.69) is 20.3 Å². The molecule has 1 aliphatic carbocycles. The molecule has 0 atom stereocenters. The molecule has 1 aromatic carbocycles. The minimum absolute atomic E-state index is 0.0506. The number of carbonyl (C=O) groups is 1. The van der Waals surface area contributed by atoms with E-state index in [0.717, 1.165) is 30.2 Å². The Morgan fingerprint density at radius 1 is 1.13 bits per heavy atom. The maximum atomic E-state index is 12.5. The third kappa shape index (κ3) is 4.43. The Labute approximate surface area is 173 Å². The van der Waals surface area contributed by atoms with Crippen LogP contribution in [0, 0.1) is 0 Å². The zero-order chi connectivity index (χ0) is 21.3. The van der Waals surface area contributed by atoms with E-state index in [1.807, 2.05) is 6.20 Å². The lowest BCUT2D eigenvalue weighted by molar-refractivity contribution is -0.145. The van der Waals surface area contributed by atoms with Crippen LogP contribution in [0.1, 0.15) is 51.8 Å². The second-order valence-electron chi connectivity index (χ2n) is 7.06. The molecular weight excluding hydrogens is 417 g/mol. The smallest absolute Gasteiger partial charge is 0.451 e. The minimum Gasteiger partial charge on any atom is -0.508 e. The number of halogens is 3. The predicted molar refractivity (Wildman–Crippen MR) is 104 cm³/mol. The number of hydrogen-bond donors (Lipinski definition) is 2. The van der Waals surface area contributed by atoms with Crippen LogP contribution in [-0.4, -0.2) is 26.0 Å². The molecule has 1 saturated carbocycles. The number of amides is 1. The molecule has 10 heteroatoms. The molecule has 0 aliphatic heterocycles. The molecule has 0 bridgehead atoms. The Morgan fingerprint density at radius 2 is 1.87 bits per heavy atom. The molecule has 156 valence electrons. The Hall–Kier alpha value is -3.01. The van der Waals surface area contributed by atoms with Crippen LogP contribution >= 0.6 is 11.3 Å². The summed E-state index contributed by atoms with van der Waals surface area (Å²) in [6.07, 6.45) is 2.79. The van der Waals surface area contributed by atoms with Crippen molar-refractivity contribution in [3.05, 3.63) is 58.6 Å². The van der Waals surface area contributed by atoms with Crippen LogP contribution in [0.5, 0.6) is 5.75 Å². The Bertz CT molecular complexity index is 1060. The van der Waals surface area contributed by atoms with Crippen LogP contribution in [0.4, 0.5) is 13.2 Å². The summed E-state index contributed by atoms with van der Waals surface area (Å²) in [5.41, 5.74) is 1.17. The van der Waals surface area contributed by atoms with Gasteiger partial charge in [0, 0.05) is 46.7 Å². The fourth-order valence-corrected chi connectivity index (χ4v) is 4.12. The van der Waals surface area contributed by atoms with Crippen molar-refractivity contribution in [2.24, 2.45) is 0 Å². The van der Waals surface area contributed by atoms with Crippen molar-refractivity contribution in [1.82, 2.24) is 20.3 Å². The third-order valence-electron chi connectivity index (χ3n) is 4.87. The number of phenols is 1. The lowest BCUT2D eigenvalue weighted by Crippen LogP contribution is -2.23. The van der Waals surface area contributed by atoms with Crippen molar-refractivity contribution in [3.8, 4) is 16.3 Å². The number of thiazole rings is 1. The van der Waals surface area contributed by atoms with E-state index in [-0.39, 0.29) is 17.9 Å². The molecule has 4 rings (SSSR count). The largest absolute Gasteiger partial charge is 0.508 e. The van der Waals surface area contributed by atoms with E-state index in [1.165, 1.54) is 17.4 Å². The van der Waals surface area contributed by atoms with Gasteiger partial charge in [-0.05, 0) is 37.0 Å². The van der Waals surface area contributed by atoms with Gasteiger partial charge in [0.05, 0.1) is 0 Å². The number of nitrogens with zero attached hydrogens (tertiary/aromatic N) is 3. The molecule has 0 saturated heterocycles. The first-order valence-corrected chi connectivity index (χ1v) is 10.1. The summed E-state index contributed by atoms with van der Waals surface area (Å²) in [5, 5.41) is 13.4. The Kier molecular flexibility index (Phi) is 5.42. The van der Waals surface area contributed by atoms with Gasteiger partial charge >= 0.3 is 6.18 Å². The second-order valence-corrected chi connectivity index (χ2v) is 8.12. The highest BCUT2D eigenvalue weighted by Crippen LogP contribution is 2.41.